The number of rotatable bonds is 6. The molecule has 0 spiro atoms. The van der Waals surface area contributed by atoms with Gasteiger partial charge in [0.1, 0.15) is 5.75 Å². The second-order valence-corrected chi connectivity index (χ2v) is 7.13. The highest BCUT2D eigenvalue weighted by atomic mass is 16.5. The van der Waals surface area contributed by atoms with E-state index < -0.39 is 6.10 Å². The molecule has 29 heavy (non-hydrogen) atoms. The molecule has 1 aliphatic rings. The van der Waals surface area contributed by atoms with Crippen LogP contribution < -0.4 is 15.0 Å². The Morgan fingerprint density at radius 1 is 1.03 bits per heavy atom. The molecule has 0 bridgehead atoms. The highest BCUT2D eigenvalue weighted by Crippen LogP contribution is 2.27. The van der Waals surface area contributed by atoms with E-state index in [9.17, 15) is 4.79 Å². The van der Waals surface area contributed by atoms with E-state index in [1.807, 2.05) is 73.7 Å². The SMILES string of the molecule is CCC(Oc1cccc2ccccc12)C(=O)Nc1ccc(N2CCOCC2)cc1. The highest BCUT2D eigenvalue weighted by Gasteiger charge is 2.20. The van der Waals surface area contributed by atoms with Crippen molar-refractivity contribution in [3.63, 3.8) is 0 Å². The third kappa shape index (κ3) is 4.51. The minimum Gasteiger partial charge on any atom is -0.480 e. The molecule has 0 saturated carbocycles. The molecular weight excluding hydrogens is 364 g/mol. The van der Waals surface area contributed by atoms with Crippen LogP contribution in [-0.2, 0) is 9.53 Å². The number of benzene rings is 3. The van der Waals surface area contributed by atoms with Gasteiger partial charge in [-0.05, 0) is 42.1 Å². The van der Waals surface area contributed by atoms with Crippen LogP contribution >= 0.6 is 0 Å². The number of carbonyl (C=O) groups excluding carboxylic acids is 1. The summed E-state index contributed by atoms with van der Waals surface area (Å²) >= 11 is 0. The molecule has 1 unspecified atom stereocenters. The topological polar surface area (TPSA) is 50.8 Å². The number of nitrogens with zero attached hydrogens (tertiary/aromatic N) is 1. The molecule has 0 aliphatic carbocycles. The van der Waals surface area contributed by atoms with Crippen LogP contribution in [0, 0.1) is 0 Å². The van der Waals surface area contributed by atoms with Crippen molar-refractivity contribution in [1.29, 1.82) is 0 Å². The standard InChI is InChI=1S/C24H26N2O3/c1-2-22(29-23-9-5-7-18-6-3-4-8-21(18)23)24(27)25-19-10-12-20(13-11-19)26-14-16-28-17-15-26/h3-13,22H,2,14-17H2,1H3,(H,25,27). The highest BCUT2D eigenvalue weighted by molar-refractivity contribution is 5.95. The molecule has 4 rings (SSSR count). The molecule has 5 nitrogen and oxygen atoms in total. The zero-order valence-electron chi connectivity index (χ0n) is 16.6. The fourth-order valence-corrected chi connectivity index (χ4v) is 3.57. The maximum Gasteiger partial charge on any atom is 0.265 e. The molecule has 1 amide bonds. The van der Waals surface area contributed by atoms with Crippen LogP contribution in [0.25, 0.3) is 10.8 Å². The van der Waals surface area contributed by atoms with Gasteiger partial charge in [-0.15, -0.1) is 0 Å². The smallest absolute Gasteiger partial charge is 0.265 e. The van der Waals surface area contributed by atoms with E-state index >= 15 is 0 Å². The summed E-state index contributed by atoms with van der Waals surface area (Å²) in [6.45, 7) is 5.24. The van der Waals surface area contributed by atoms with E-state index in [0.29, 0.717) is 6.42 Å². The van der Waals surface area contributed by atoms with Gasteiger partial charge >= 0.3 is 0 Å². The first-order valence-electron chi connectivity index (χ1n) is 10.1. The number of amides is 1. The Morgan fingerprint density at radius 2 is 1.76 bits per heavy atom. The predicted molar refractivity (Wildman–Crippen MR) is 117 cm³/mol. The minimum atomic E-state index is -0.556. The lowest BCUT2D eigenvalue weighted by Crippen LogP contribution is -2.36. The Bertz CT molecular complexity index is 960. The first-order chi connectivity index (χ1) is 14.2. The Hall–Kier alpha value is -3.05. The molecule has 0 aromatic heterocycles. The molecule has 1 aliphatic heterocycles. The van der Waals surface area contributed by atoms with Gasteiger partial charge in [-0.25, -0.2) is 0 Å². The second-order valence-electron chi connectivity index (χ2n) is 7.13. The van der Waals surface area contributed by atoms with Gasteiger partial charge in [0, 0.05) is 29.9 Å². The maximum atomic E-state index is 12.8. The molecule has 1 heterocycles. The monoisotopic (exact) mass is 390 g/mol. The summed E-state index contributed by atoms with van der Waals surface area (Å²) < 4.78 is 11.5. The summed E-state index contributed by atoms with van der Waals surface area (Å²) in [6.07, 6.45) is 0.0284. The first kappa shape index (κ1) is 19.3. The molecule has 3 aromatic rings. The van der Waals surface area contributed by atoms with Crippen LogP contribution in [0.2, 0.25) is 0 Å². The summed E-state index contributed by atoms with van der Waals surface area (Å²) in [4.78, 5) is 15.1. The number of morpholine rings is 1. The quantitative estimate of drug-likeness (QED) is 0.675. The number of hydrogen-bond donors (Lipinski definition) is 1. The summed E-state index contributed by atoms with van der Waals surface area (Å²) in [5, 5.41) is 5.09. The van der Waals surface area contributed by atoms with E-state index in [0.717, 1.165) is 54.2 Å². The lowest BCUT2D eigenvalue weighted by Gasteiger charge is -2.29. The zero-order chi connectivity index (χ0) is 20.1. The largest absolute Gasteiger partial charge is 0.480 e. The summed E-state index contributed by atoms with van der Waals surface area (Å²) in [7, 11) is 0. The maximum absolute atomic E-state index is 12.8. The van der Waals surface area contributed by atoms with Crippen molar-refractivity contribution in [2.45, 2.75) is 19.4 Å². The molecule has 1 atom stereocenters. The molecule has 1 N–H and O–H groups in total. The lowest BCUT2D eigenvalue weighted by molar-refractivity contribution is -0.122. The number of carbonyl (C=O) groups is 1. The molecule has 0 radical (unpaired) electrons. The van der Waals surface area contributed by atoms with E-state index in [4.69, 9.17) is 9.47 Å². The molecule has 3 aromatic carbocycles. The van der Waals surface area contributed by atoms with Crippen molar-refractivity contribution < 1.29 is 14.3 Å². The fraction of sp³-hybridized carbons (Fsp3) is 0.292. The molecule has 1 fully saturated rings. The molecule has 5 heteroatoms. The first-order valence-corrected chi connectivity index (χ1v) is 10.1. The van der Waals surface area contributed by atoms with Crippen molar-refractivity contribution in [1.82, 2.24) is 0 Å². The van der Waals surface area contributed by atoms with E-state index in [2.05, 4.69) is 10.2 Å². The van der Waals surface area contributed by atoms with Crippen LogP contribution in [-0.4, -0.2) is 38.3 Å². The number of hydrogen-bond acceptors (Lipinski definition) is 4. The zero-order valence-corrected chi connectivity index (χ0v) is 16.6. The van der Waals surface area contributed by atoms with E-state index in [-0.39, 0.29) is 5.91 Å². The predicted octanol–water partition coefficient (Wildman–Crippen LogP) is 4.47. The number of ether oxygens (including phenoxy) is 2. The third-order valence-electron chi connectivity index (χ3n) is 5.19. The molecule has 1 saturated heterocycles. The average molecular weight is 390 g/mol. The molecular formula is C24H26N2O3. The van der Waals surface area contributed by atoms with Crippen molar-refractivity contribution in [3.8, 4) is 5.75 Å². The second kappa shape index (κ2) is 8.97. The molecule has 150 valence electrons. The van der Waals surface area contributed by atoms with Gasteiger partial charge in [-0.3, -0.25) is 4.79 Å². The summed E-state index contributed by atoms with van der Waals surface area (Å²) in [5.74, 6) is 0.590. The van der Waals surface area contributed by atoms with Gasteiger partial charge in [-0.1, -0.05) is 43.3 Å². The van der Waals surface area contributed by atoms with Crippen LogP contribution in [0.4, 0.5) is 11.4 Å². The van der Waals surface area contributed by atoms with Crippen LogP contribution in [0.3, 0.4) is 0 Å². The number of fused-ring (bicyclic) bond motifs is 1. The minimum absolute atomic E-state index is 0.139. The van der Waals surface area contributed by atoms with Gasteiger partial charge in [-0.2, -0.15) is 0 Å². The number of nitrogens with one attached hydrogen (secondary N) is 1. The normalized spacial score (nSPS) is 15.1. The number of anilines is 2. The Kier molecular flexibility index (Phi) is 5.96. The van der Waals surface area contributed by atoms with E-state index in [1.54, 1.807) is 0 Å². The average Bonchev–Trinajstić information content (AvgIpc) is 2.78. The van der Waals surface area contributed by atoms with Crippen LogP contribution in [0.15, 0.2) is 66.7 Å². The third-order valence-corrected chi connectivity index (χ3v) is 5.19. The Labute approximate surface area is 171 Å². The van der Waals surface area contributed by atoms with Gasteiger partial charge in [0.05, 0.1) is 13.2 Å². The van der Waals surface area contributed by atoms with Crippen LogP contribution in [0.5, 0.6) is 5.75 Å². The van der Waals surface area contributed by atoms with Gasteiger partial charge in [0.25, 0.3) is 5.91 Å². The summed E-state index contributed by atoms with van der Waals surface area (Å²) in [5.41, 5.74) is 1.91. The van der Waals surface area contributed by atoms with E-state index in [1.165, 1.54) is 0 Å². The van der Waals surface area contributed by atoms with Gasteiger partial charge < -0.3 is 19.7 Å². The summed E-state index contributed by atoms with van der Waals surface area (Å²) in [6, 6.07) is 21.9. The van der Waals surface area contributed by atoms with Crippen molar-refractivity contribution in [2.75, 3.05) is 36.5 Å². The van der Waals surface area contributed by atoms with Crippen molar-refractivity contribution >= 4 is 28.1 Å². The Morgan fingerprint density at radius 3 is 2.52 bits per heavy atom. The van der Waals surface area contributed by atoms with Gasteiger partial charge in [0.2, 0.25) is 0 Å². The van der Waals surface area contributed by atoms with Gasteiger partial charge in [0.15, 0.2) is 6.10 Å². The van der Waals surface area contributed by atoms with Crippen molar-refractivity contribution in [3.05, 3.63) is 66.7 Å². The lowest BCUT2D eigenvalue weighted by atomic mass is 10.1. The van der Waals surface area contributed by atoms with Crippen molar-refractivity contribution in [2.24, 2.45) is 0 Å². The Balaban J connectivity index is 1.43. The fourth-order valence-electron chi connectivity index (χ4n) is 3.57. The van der Waals surface area contributed by atoms with Crippen LogP contribution in [0.1, 0.15) is 13.3 Å².